The second-order valence-corrected chi connectivity index (χ2v) is 2.37. The average Bonchev–Trinajstić information content (AvgIpc) is 2.01. The molecule has 2 N–H and O–H groups in total. The minimum atomic E-state index is -2.41. The van der Waals surface area contributed by atoms with Gasteiger partial charge in [-0.1, -0.05) is 11.6 Å². The zero-order chi connectivity index (χ0) is 10.9. The summed E-state index contributed by atoms with van der Waals surface area (Å²) in [6, 6.07) is 2.28. The first-order valence-corrected chi connectivity index (χ1v) is 3.22. The molecule has 3 nitrogen and oxygen atoms in total. The van der Waals surface area contributed by atoms with E-state index in [0.29, 0.717) is 0 Å². The van der Waals surface area contributed by atoms with Crippen molar-refractivity contribution < 1.29 is 14.2 Å². The Morgan fingerprint density at radius 2 is 2.36 bits per heavy atom. The Hall–Kier alpha value is -0.575. The van der Waals surface area contributed by atoms with Gasteiger partial charge < -0.3 is 10.0 Å². The van der Waals surface area contributed by atoms with Crippen LogP contribution in [0.25, 0.3) is 0 Å². The lowest BCUT2D eigenvalue weighted by Crippen LogP contribution is -2.30. The molecule has 0 fully saturated rings. The standard InChI is InChI=1S/C6H7BClNO2/c1-4-2-5(7(10)11)3-6(8)9-4/h2-3,10-11H,1H3/i1D3. The van der Waals surface area contributed by atoms with Gasteiger partial charge in [0.15, 0.2) is 0 Å². The van der Waals surface area contributed by atoms with Gasteiger partial charge in [0.05, 0.1) is 0 Å². The van der Waals surface area contributed by atoms with Crippen molar-refractivity contribution in [2.24, 2.45) is 0 Å². The summed E-state index contributed by atoms with van der Waals surface area (Å²) in [5.41, 5.74) is -0.246. The Labute approximate surface area is 74.0 Å². The van der Waals surface area contributed by atoms with Crippen molar-refractivity contribution in [3.63, 3.8) is 0 Å². The number of rotatable bonds is 1. The summed E-state index contributed by atoms with van der Waals surface area (Å²) in [6.45, 7) is -2.41. The van der Waals surface area contributed by atoms with E-state index in [-0.39, 0.29) is 16.3 Å². The number of pyridine rings is 1. The molecular formula is C6H7BClNO2. The fourth-order valence-corrected chi connectivity index (χ4v) is 0.883. The van der Waals surface area contributed by atoms with Gasteiger partial charge in [0.2, 0.25) is 0 Å². The number of aromatic nitrogens is 1. The van der Waals surface area contributed by atoms with Crippen molar-refractivity contribution in [1.82, 2.24) is 4.98 Å². The Bertz CT molecular complexity index is 344. The predicted octanol–water partition coefficient (Wildman–Crippen LogP) is -0.277. The topological polar surface area (TPSA) is 53.4 Å². The van der Waals surface area contributed by atoms with Gasteiger partial charge in [-0.3, -0.25) is 0 Å². The van der Waals surface area contributed by atoms with Gasteiger partial charge in [-0.25, -0.2) is 4.98 Å². The predicted molar refractivity (Wildman–Crippen MR) is 43.8 cm³/mol. The minimum absolute atomic E-state index is 0.0103. The highest BCUT2D eigenvalue weighted by molar-refractivity contribution is 6.58. The van der Waals surface area contributed by atoms with Crippen molar-refractivity contribution >= 4 is 24.2 Å². The molecule has 0 aromatic carbocycles. The average molecular weight is 174 g/mol. The summed E-state index contributed by atoms with van der Waals surface area (Å²) in [6.07, 6.45) is 0. The van der Waals surface area contributed by atoms with E-state index in [0.717, 1.165) is 6.07 Å². The maximum atomic E-state index is 8.82. The molecule has 0 radical (unpaired) electrons. The van der Waals surface area contributed by atoms with E-state index in [4.69, 9.17) is 25.8 Å². The number of hydrogen-bond donors (Lipinski definition) is 2. The van der Waals surface area contributed by atoms with E-state index in [9.17, 15) is 0 Å². The third kappa shape index (κ3) is 2.18. The van der Waals surface area contributed by atoms with Gasteiger partial charge in [0, 0.05) is 9.81 Å². The van der Waals surface area contributed by atoms with Crippen LogP contribution in [0.1, 0.15) is 9.81 Å². The molecule has 1 rings (SSSR count). The third-order valence-corrected chi connectivity index (χ3v) is 1.31. The first kappa shape index (κ1) is 5.14. The van der Waals surface area contributed by atoms with E-state index < -0.39 is 14.0 Å². The van der Waals surface area contributed by atoms with Crippen LogP contribution in [-0.2, 0) is 0 Å². The van der Waals surface area contributed by atoms with Gasteiger partial charge in [-0.2, -0.15) is 0 Å². The van der Waals surface area contributed by atoms with Crippen LogP contribution in [0.4, 0.5) is 0 Å². The van der Waals surface area contributed by atoms with Crippen molar-refractivity contribution in [2.45, 2.75) is 6.85 Å². The second-order valence-electron chi connectivity index (χ2n) is 1.98. The lowest BCUT2D eigenvalue weighted by Gasteiger charge is -2.00. The largest absolute Gasteiger partial charge is 0.488 e. The normalized spacial score (nSPS) is 15.0. The van der Waals surface area contributed by atoms with Gasteiger partial charge in [-0.05, 0) is 24.4 Å². The molecule has 0 spiro atoms. The maximum Gasteiger partial charge on any atom is 0.488 e. The highest BCUT2D eigenvalue weighted by Gasteiger charge is 2.11. The molecule has 0 aliphatic heterocycles. The molecule has 1 aromatic heterocycles. The fourth-order valence-electron chi connectivity index (χ4n) is 0.666. The quantitative estimate of drug-likeness (QED) is 0.455. The summed E-state index contributed by atoms with van der Waals surface area (Å²) >= 11 is 5.52. The first-order chi connectivity index (χ1) is 6.30. The summed E-state index contributed by atoms with van der Waals surface area (Å²) in [4.78, 5) is 3.57. The number of nitrogens with zero attached hydrogens (tertiary/aromatic N) is 1. The molecule has 0 saturated carbocycles. The highest BCUT2D eigenvalue weighted by Crippen LogP contribution is 2.02. The van der Waals surface area contributed by atoms with Crippen molar-refractivity contribution in [3.05, 3.63) is 23.0 Å². The molecule has 0 unspecified atom stereocenters. The number of aryl methyl sites for hydroxylation is 1. The summed E-state index contributed by atoms with van der Waals surface area (Å²) in [7, 11) is -1.75. The molecule has 11 heavy (non-hydrogen) atoms. The lowest BCUT2D eigenvalue weighted by atomic mass is 9.81. The second kappa shape index (κ2) is 3.22. The number of hydrogen-bond acceptors (Lipinski definition) is 3. The van der Waals surface area contributed by atoms with Gasteiger partial charge >= 0.3 is 7.12 Å². The zero-order valence-corrected chi connectivity index (χ0v) is 6.21. The summed E-state index contributed by atoms with van der Waals surface area (Å²) < 4.78 is 21.2. The molecule has 1 heterocycles. The van der Waals surface area contributed by atoms with Crippen LogP contribution in [0, 0.1) is 6.85 Å². The van der Waals surface area contributed by atoms with Crippen LogP contribution >= 0.6 is 11.6 Å². The van der Waals surface area contributed by atoms with Gasteiger partial charge in [-0.15, -0.1) is 0 Å². The molecule has 58 valence electrons. The van der Waals surface area contributed by atoms with E-state index in [1.165, 1.54) is 6.07 Å². The molecule has 0 bridgehead atoms. The highest BCUT2D eigenvalue weighted by atomic mass is 35.5. The zero-order valence-electron chi connectivity index (χ0n) is 8.45. The Kier molecular flexibility index (Phi) is 1.50. The minimum Gasteiger partial charge on any atom is -0.423 e. The van der Waals surface area contributed by atoms with Crippen LogP contribution in [0.2, 0.25) is 5.15 Å². The fraction of sp³-hybridized carbons (Fsp3) is 0.167. The Balaban J connectivity index is 3.21. The van der Waals surface area contributed by atoms with E-state index in [1.54, 1.807) is 0 Å². The Morgan fingerprint density at radius 1 is 1.64 bits per heavy atom. The van der Waals surface area contributed by atoms with E-state index >= 15 is 0 Å². The van der Waals surface area contributed by atoms with Crippen molar-refractivity contribution in [3.8, 4) is 0 Å². The molecule has 0 saturated heterocycles. The lowest BCUT2D eigenvalue weighted by molar-refractivity contribution is 0.425. The molecule has 0 amide bonds. The van der Waals surface area contributed by atoms with Crippen molar-refractivity contribution in [2.75, 3.05) is 0 Å². The monoisotopic (exact) mass is 174 g/mol. The number of halogens is 1. The van der Waals surface area contributed by atoms with Gasteiger partial charge in [0.25, 0.3) is 0 Å². The smallest absolute Gasteiger partial charge is 0.423 e. The summed E-state index contributed by atoms with van der Waals surface area (Å²) in [5.74, 6) is 0. The van der Waals surface area contributed by atoms with Gasteiger partial charge in [0.1, 0.15) is 5.15 Å². The maximum absolute atomic E-state index is 8.82. The molecule has 0 aliphatic rings. The SMILES string of the molecule is [2H]C([2H])([2H])c1cc(B(O)O)cc(Cl)n1. The third-order valence-electron chi connectivity index (χ3n) is 1.11. The first-order valence-electron chi connectivity index (χ1n) is 4.35. The van der Waals surface area contributed by atoms with Crippen molar-refractivity contribution in [1.29, 1.82) is 0 Å². The molecular weight excluding hydrogens is 164 g/mol. The molecule has 5 heteroatoms. The summed E-state index contributed by atoms with van der Waals surface area (Å²) in [5, 5.41) is 17.6. The van der Waals surface area contributed by atoms with E-state index in [2.05, 4.69) is 4.98 Å². The Morgan fingerprint density at radius 3 is 2.91 bits per heavy atom. The van der Waals surface area contributed by atoms with Crippen LogP contribution in [0.3, 0.4) is 0 Å². The molecule has 0 aliphatic carbocycles. The van der Waals surface area contributed by atoms with Crippen LogP contribution in [-0.4, -0.2) is 22.2 Å². The van der Waals surface area contributed by atoms with E-state index in [1.807, 2.05) is 0 Å². The molecule has 1 aromatic rings. The van der Waals surface area contributed by atoms with Crippen LogP contribution in [0.15, 0.2) is 12.1 Å². The van der Waals surface area contributed by atoms with Crippen LogP contribution < -0.4 is 5.46 Å². The van der Waals surface area contributed by atoms with Crippen LogP contribution in [0.5, 0.6) is 0 Å². The molecule has 0 atom stereocenters.